The van der Waals surface area contributed by atoms with E-state index in [0.717, 1.165) is 33.0 Å². The minimum absolute atomic E-state index is 0.196. The van der Waals surface area contributed by atoms with Crippen LogP contribution in [0.5, 0.6) is 5.75 Å². The molecule has 1 aliphatic rings. The first kappa shape index (κ1) is 17.0. The Kier molecular flexibility index (Phi) is 4.10. The molecule has 28 heavy (non-hydrogen) atoms. The van der Waals surface area contributed by atoms with Crippen molar-refractivity contribution in [3.05, 3.63) is 94.3 Å². The van der Waals surface area contributed by atoms with Crippen LogP contribution < -0.4 is 15.7 Å². The maximum absolute atomic E-state index is 13.0. The zero-order valence-electron chi connectivity index (χ0n) is 15.1. The van der Waals surface area contributed by atoms with Crippen molar-refractivity contribution in [3.63, 3.8) is 0 Å². The number of methoxy groups -OCH3 is 1. The number of benzene rings is 3. The van der Waals surface area contributed by atoms with Gasteiger partial charge in [0.15, 0.2) is 0 Å². The van der Waals surface area contributed by atoms with Gasteiger partial charge in [0.25, 0.3) is 0 Å². The number of anilines is 2. The molecule has 0 amide bonds. The fourth-order valence-electron chi connectivity index (χ4n) is 3.54. The van der Waals surface area contributed by atoms with Gasteiger partial charge in [-0.15, -0.1) is 11.8 Å². The van der Waals surface area contributed by atoms with Crippen LogP contribution in [0, 0.1) is 0 Å². The maximum Gasteiger partial charge on any atom is 0.343 e. The average molecular weight is 387 g/mol. The van der Waals surface area contributed by atoms with Crippen LogP contribution in [0.3, 0.4) is 0 Å². The van der Waals surface area contributed by atoms with Crippen molar-refractivity contribution in [1.29, 1.82) is 0 Å². The van der Waals surface area contributed by atoms with E-state index in [1.54, 1.807) is 18.9 Å². The van der Waals surface area contributed by atoms with Crippen LogP contribution >= 0.6 is 11.8 Å². The van der Waals surface area contributed by atoms with Crippen LogP contribution in [-0.4, -0.2) is 7.11 Å². The first-order chi connectivity index (χ1) is 13.7. The zero-order chi connectivity index (χ0) is 19.1. The van der Waals surface area contributed by atoms with Gasteiger partial charge in [-0.05, 0) is 42.0 Å². The molecule has 0 unspecified atom stereocenters. The molecule has 2 heterocycles. The van der Waals surface area contributed by atoms with E-state index in [1.165, 1.54) is 0 Å². The number of fused-ring (bicyclic) bond motifs is 4. The standard InChI is InChI=1S/C23H17NO3S/c1-26-15-12-10-14(11-13-15)22-20-21(24-17-7-3-5-9-19(17)28-22)16-6-2-4-8-18(16)27-23(20)25/h2-13,22,24H,1H3/t22-/m1/s1. The Bertz CT molecular complexity index is 1230. The molecule has 0 saturated carbocycles. The topological polar surface area (TPSA) is 51.5 Å². The van der Waals surface area contributed by atoms with E-state index >= 15 is 0 Å². The average Bonchev–Trinajstić information content (AvgIpc) is 2.91. The van der Waals surface area contributed by atoms with Crippen LogP contribution in [0.15, 0.2) is 86.9 Å². The Morgan fingerprint density at radius 2 is 1.71 bits per heavy atom. The van der Waals surface area contributed by atoms with Gasteiger partial charge in [0.1, 0.15) is 11.3 Å². The highest BCUT2D eigenvalue weighted by Gasteiger charge is 2.29. The Morgan fingerprint density at radius 1 is 0.964 bits per heavy atom. The third-order valence-corrected chi connectivity index (χ3v) is 6.27. The lowest BCUT2D eigenvalue weighted by Crippen LogP contribution is -2.13. The normalized spacial score (nSPS) is 15.2. The molecule has 3 aromatic carbocycles. The molecule has 5 rings (SSSR count). The fourth-order valence-corrected chi connectivity index (χ4v) is 4.83. The van der Waals surface area contributed by atoms with Crippen molar-refractivity contribution < 1.29 is 9.15 Å². The van der Waals surface area contributed by atoms with Gasteiger partial charge in [0.2, 0.25) is 0 Å². The van der Waals surface area contributed by atoms with Crippen LogP contribution in [-0.2, 0) is 0 Å². The molecular weight excluding hydrogens is 370 g/mol. The molecule has 0 spiro atoms. The van der Waals surface area contributed by atoms with Gasteiger partial charge in [-0.3, -0.25) is 0 Å². The Hall–Kier alpha value is -3.18. The number of para-hydroxylation sites is 2. The molecule has 4 nitrogen and oxygen atoms in total. The van der Waals surface area contributed by atoms with Gasteiger partial charge >= 0.3 is 5.63 Å². The summed E-state index contributed by atoms with van der Waals surface area (Å²) in [6, 6.07) is 23.6. The monoisotopic (exact) mass is 387 g/mol. The number of ether oxygens (including phenoxy) is 1. The highest BCUT2D eigenvalue weighted by molar-refractivity contribution is 8.00. The molecule has 1 N–H and O–H groups in total. The third kappa shape index (κ3) is 2.75. The summed E-state index contributed by atoms with van der Waals surface area (Å²) in [4.78, 5) is 14.1. The van der Waals surface area contributed by atoms with E-state index in [9.17, 15) is 4.79 Å². The van der Waals surface area contributed by atoms with Crippen molar-refractivity contribution in [2.24, 2.45) is 0 Å². The number of thioether (sulfide) groups is 1. The molecule has 1 aromatic heterocycles. The summed E-state index contributed by atoms with van der Waals surface area (Å²) in [5.74, 6) is 0.784. The Labute approximate surface area is 166 Å². The van der Waals surface area contributed by atoms with Crippen LogP contribution in [0.4, 0.5) is 11.4 Å². The summed E-state index contributed by atoms with van der Waals surface area (Å²) in [6.45, 7) is 0. The molecule has 0 radical (unpaired) electrons. The Balaban J connectivity index is 1.80. The molecule has 1 atom stereocenters. The van der Waals surface area contributed by atoms with Gasteiger partial charge in [0.05, 0.1) is 29.3 Å². The van der Waals surface area contributed by atoms with E-state index < -0.39 is 0 Å². The predicted molar refractivity (Wildman–Crippen MR) is 113 cm³/mol. The summed E-state index contributed by atoms with van der Waals surface area (Å²) in [5, 5.41) is 4.20. The highest BCUT2D eigenvalue weighted by Crippen LogP contribution is 2.49. The Morgan fingerprint density at radius 3 is 2.54 bits per heavy atom. The van der Waals surface area contributed by atoms with Crippen LogP contribution in [0.25, 0.3) is 11.0 Å². The van der Waals surface area contributed by atoms with E-state index in [0.29, 0.717) is 11.1 Å². The lowest BCUT2D eigenvalue weighted by molar-refractivity contribution is 0.414. The summed E-state index contributed by atoms with van der Waals surface area (Å²) in [7, 11) is 1.64. The van der Waals surface area contributed by atoms with Crippen molar-refractivity contribution in [3.8, 4) is 5.75 Å². The largest absolute Gasteiger partial charge is 0.497 e. The molecular formula is C23H17NO3S. The number of hydrogen-bond donors (Lipinski definition) is 1. The second-order valence-corrected chi connectivity index (χ2v) is 7.71. The molecule has 0 aliphatic carbocycles. The van der Waals surface area contributed by atoms with Crippen molar-refractivity contribution in [2.75, 3.05) is 12.4 Å². The molecule has 0 saturated heterocycles. The number of rotatable bonds is 2. The van der Waals surface area contributed by atoms with E-state index in [-0.39, 0.29) is 10.9 Å². The lowest BCUT2D eigenvalue weighted by Gasteiger charge is -2.17. The van der Waals surface area contributed by atoms with Crippen LogP contribution in [0.1, 0.15) is 16.4 Å². The van der Waals surface area contributed by atoms with Gasteiger partial charge in [0, 0.05) is 10.3 Å². The van der Waals surface area contributed by atoms with E-state index in [4.69, 9.17) is 9.15 Å². The first-order valence-electron chi connectivity index (χ1n) is 8.97. The zero-order valence-corrected chi connectivity index (χ0v) is 16.0. The molecule has 0 bridgehead atoms. The van der Waals surface area contributed by atoms with Gasteiger partial charge in [-0.25, -0.2) is 4.79 Å². The van der Waals surface area contributed by atoms with Crippen molar-refractivity contribution >= 4 is 34.1 Å². The minimum atomic E-state index is -0.317. The smallest absolute Gasteiger partial charge is 0.343 e. The SMILES string of the molecule is COc1ccc([C@H]2Sc3ccccc3Nc3c2c(=O)oc2ccccc32)cc1. The summed E-state index contributed by atoms with van der Waals surface area (Å²) in [6.07, 6.45) is 0. The quantitative estimate of drug-likeness (QED) is 0.445. The third-order valence-electron chi connectivity index (χ3n) is 4.92. The number of nitrogens with one attached hydrogen (secondary N) is 1. The molecule has 1 aliphatic heterocycles. The van der Waals surface area contributed by atoms with E-state index in [2.05, 4.69) is 11.4 Å². The summed E-state index contributed by atoms with van der Waals surface area (Å²) >= 11 is 1.65. The fraction of sp³-hybridized carbons (Fsp3) is 0.0870. The maximum atomic E-state index is 13.0. The van der Waals surface area contributed by atoms with Crippen LogP contribution in [0.2, 0.25) is 0 Å². The predicted octanol–water partition coefficient (Wildman–Crippen LogP) is 5.74. The van der Waals surface area contributed by atoms with Gasteiger partial charge in [-0.2, -0.15) is 0 Å². The number of hydrogen-bond acceptors (Lipinski definition) is 5. The highest BCUT2D eigenvalue weighted by atomic mass is 32.2. The first-order valence-corrected chi connectivity index (χ1v) is 9.85. The van der Waals surface area contributed by atoms with Crippen molar-refractivity contribution in [1.82, 2.24) is 0 Å². The molecule has 5 heteroatoms. The van der Waals surface area contributed by atoms with Crippen molar-refractivity contribution in [2.45, 2.75) is 10.1 Å². The molecule has 0 fully saturated rings. The van der Waals surface area contributed by atoms with Gasteiger partial charge in [-0.1, -0.05) is 36.4 Å². The van der Waals surface area contributed by atoms with Gasteiger partial charge < -0.3 is 14.5 Å². The van der Waals surface area contributed by atoms with E-state index in [1.807, 2.05) is 66.7 Å². The minimum Gasteiger partial charge on any atom is -0.497 e. The second-order valence-electron chi connectivity index (χ2n) is 6.57. The molecule has 138 valence electrons. The summed E-state index contributed by atoms with van der Waals surface area (Å²) < 4.78 is 11.0. The lowest BCUT2D eigenvalue weighted by atomic mass is 10.0. The summed E-state index contributed by atoms with van der Waals surface area (Å²) in [5.41, 5.74) is 3.71. The second kappa shape index (κ2) is 6.77. The molecule has 4 aromatic rings.